The molecule has 2 aromatic rings. The molecule has 0 saturated carbocycles. The Bertz CT molecular complexity index is 615. The van der Waals surface area contributed by atoms with Gasteiger partial charge in [-0.25, -0.2) is 9.20 Å². The minimum Gasteiger partial charge on any atom is -0.357 e. The van der Waals surface area contributed by atoms with E-state index in [1.165, 1.54) is 4.40 Å². The average molecular weight is 218 g/mol. The molecule has 0 radical (unpaired) electrons. The van der Waals surface area contributed by atoms with Crippen molar-refractivity contribution in [2.75, 3.05) is 12.4 Å². The second-order valence-electron chi connectivity index (χ2n) is 3.83. The van der Waals surface area contributed by atoms with Crippen LogP contribution in [-0.4, -0.2) is 21.4 Å². The van der Waals surface area contributed by atoms with Crippen molar-refractivity contribution in [1.29, 1.82) is 0 Å². The predicted molar refractivity (Wildman–Crippen MR) is 63.0 cm³/mol. The Labute approximate surface area is 93.2 Å². The molecule has 0 amide bonds. The molecule has 1 N–H and O–H groups in total. The Morgan fingerprint density at radius 2 is 1.94 bits per heavy atom. The van der Waals surface area contributed by atoms with E-state index in [4.69, 9.17) is 0 Å². The molecule has 0 aliphatic carbocycles. The molecule has 5 heteroatoms. The van der Waals surface area contributed by atoms with Crippen LogP contribution >= 0.6 is 0 Å². The largest absolute Gasteiger partial charge is 0.357 e. The van der Waals surface area contributed by atoms with Gasteiger partial charge in [0.2, 0.25) is 5.95 Å². The van der Waals surface area contributed by atoms with Crippen molar-refractivity contribution in [3.63, 3.8) is 0 Å². The molecule has 2 rings (SSSR count). The average Bonchev–Trinajstić information content (AvgIpc) is 2.24. The van der Waals surface area contributed by atoms with Crippen LogP contribution in [0.5, 0.6) is 0 Å². The number of hydrogen-bond acceptors (Lipinski definition) is 4. The van der Waals surface area contributed by atoms with Gasteiger partial charge in [-0.05, 0) is 38.0 Å². The standard InChI is InChI=1S/C11H14N4O/c1-6-5-7(2)15-9(8(6)3)13-10(12-4)14-11(15)16/h5H,1-4H3,(H,12,14,16). The van der Waals surface area contributed by atoms with E-state index in [1.54, 1.807) is 7.05 Å². The summed E-state index contributed by atoms with van der Waals surface area (Å²) in [7, 11) is 1.70. The molecule has 0 spiro atoms. The molecule has 0 aliphatic heterocycles. The Morgan fingerprint density at radius 1 is 1.25 bits per heavy atom. The number of fused-ring (bicyclic) bond motifs is 1. The van der Waals surface area contributed by atoms with Gasteiger partial charge in [-0.15, -0.1) is 0 Å². The lowest BCUT2D eigenvalue weighted by atomic mass is 10.1. The maximum Gasteiger partial charge on any atom is 0.356 e. The number of nitrogens with one attached hydrogen (secondary N) is 1. The maximum absolute atomic E-state index is 11.8. The first-order valence-corrected chi connectivity index (χ1v) is 5.10. The van der Waals surface area contributed by atoms with Crippen molar-refractivity contribution < 1.29 is 0 Å². The molecule has 5 nitrogen and oxygen atoms in total. The van der Waals surface area contributed by atoms with E-state index in [1.807, 2.05) is 26.8 Å². The monoisotopic (exact) mass is 218 g/mol. The molecule has 0 bridgehead atoms. The highest BCUT2D eigenvalue weighted by Crippen LogP contribution is 2.14. The van der Waals surface area contributed by atoms with Crippen LogP contribution < -0.4 is 11.0 Å². The molecule has 2 heterocycles. The zero-order chi connectivity index (χ0) is 11.9. The van der Waals surface area contributed by atoms with Gasteiger partial charge in [-0.2, -0.15) is 9.97 Å². The number of aryl methyl sites for hydroxylation is 3. The van der Waals surface area contributed by atoms with Crippen molar-refractivity contribution in [2.45, 2.75) is 20.8 Å². The van der Waals surface area contributed by atoms with Crippen LogP contribution in [-0.2, 0) is 0 Å². The first-order chi connectivity index (χ1) is 7.54. The summed E-state index contributed by atoms with van der Waals surface area (Å²) in [5.74, 6) is 0.359. The summed E-state index contributed by atoms with van der Waals surface area (Å²) in [4.78, 5) is 20.0. The summed E-state index contributed by atoms with van der Waals surface area (Å²) in [5, 5.41) is 2.79. The minimum atomic E-state index is -0.296. The number of rotatable bonds is 1. The second-order valence-corrected chi connectivity index (χ2v) is 3.83. The fraction of sp³-hybridized carbons (Fsp3) is 0.364. The number of nitrogens with zero attached hydrogens (tertiary/aromatic N) is 3. The van der Waals surface area contributed by atoms with E-state index < -0.39 is 0 Å². The number of pyridine rings is 1. The van der Waals surface area contributed by atoms with Crippen LogP contribution in [0.15, 0.2) is 10.9 Å². The third-order valence-corrected chi connectivity index (χ3v) is 2.75. The van der Waals surface area contributed by atoms with Gasteiger partial charge >= 0.3 is 5.69 Å². The normalized spacial score (nSPS) is 10.8. The molecule has 0 fully saturated rings. The maximum atomic E-state index is 11.8. The fourth-order valence-corrected chi connectivity index (χ4v) is 1.75. The molecule has 84 valence electrons. The molecular weight excluding hydrogens is 204 g/mol. The van der Waals surface area contributed by atoms with Gasteiger partial charge in [0.05, 0.1) is 0 Å². The molecular formula is C11H14N4O. The van der Waals surface area contributed by atoms with Gasteiger partial charge in [-0.1, -0.05) is 0 Å². The number of hydrogen-bond donors (Lipinski definition) is 1. The third-order valence-electron chi connectivity index (χ3n) is 2.75. The van der Waals surface area contributed by atoms with Crippen LogP contribution in [0.25, 0.3) is 5.65 Å². The summed E-state index contributed by atoms with van der Waals surface area (Å²) in [6.45, 7) is 5.84. The molecule has 0 saturated heterocycles. The Morgan fingerprint density at radius 3 is 2.56 bits per heavy atom. The van der Waals surface area contributed by atoms with Gasteiger partial charge in [0, 0.05) is 12.7 Å². The van der Waals surface area contributed by atoms with E-state index in [2.05, 4.69) is 15.3 Å². The summed E-state index contributed by atoms with van der Waals surface area (Å²) in [6.07, 6.45) is 0. The van der Waals surface area contributed by atoms with E-state index in [0.29, 0.717) is 11.6 Å². The lowest BCUT2D eigenvalue weighted by Gasteiger charge is -2.10. The summed E-state index contributed by atoms with van der Waals surface area (Å²) < 4.78 is 1.53. The Kier molecular flexibility index (Phi) is 2.38. The van der Waals surface area contributed by atoms with Crippen LogP contribution in [0.1, 0.15) is 16.8 Å². The highest BCUT2D eigenvalue weighted by molar-refractivity contribution is 5.53. The Hall–Kier alpha value is -1.91. The molecule has 2 aromatic heterocycles. The zero-order valence-corrected chi connectivity index (χ0v) is 9.83. The molecule has 0 aliphatic rings. The van der Waals surface area contributed by atoms with Crippen LogP contribution in [0.3, 0.4) is 0 Å². The molecule has 0 unspecified atom stereocenters. The van der Waals surface area contributed by atoms with E-state index in [0.717, 1.165) is 16.8 Å². The predicted octanol–water partition coefficient (Wildman–Crippen LogP) is 1.06. The summed E-state index contributed by atoms with van der Waals surface area (Å²) >= 11 is 0. The second kappa shape index (κ2) is 3.59. The van der Waals surface area contributed by atoms with E-state index in [-0.39, 0.29) is 5.69 Å². The smallest absolute Gasteiger partial charge is 0.356 e. The summed E-state index contributed by atoms with van der Waals surface area (Å²) in [5.41, 5.74) is 3.35. The van der Waals surface area contributed by atoms with Crippen LogP contribution in [0.2, 0.25) is 0 Å². The lowest BCUT2D eigenvalue weighted by Crippen LogP contribution is -2.22. The van der Waals surface area contributed by atoms with Gasteiger partial charge in [-0.3, -0.25) is 0 Å². The van der Waals surface area contributed by atoms with E-state index >= 15 is 0 Å². The number of anilines is 1. The molecule has 0 aromatic carbocycles. The van der Waals surface area contributed by atoms with Crippen molar-refractivity contribution in [3.05, 3.63) is 33.4 Å². The van der Waals surface area contributed by atoms with Crippen molar-refractivity contribution in [1.82, 2.24) is 14.4 Å². The van der Waals surface area contributed by atoms with Crippen molar-refractivity contribution >= 4 is 11.6 Å². The third kappa shape index (κ3) is 1.44. The topological polar surface area (TPSA) is 59.3 Å². The zero-order valence-electron chi connectivity index (χ0n) is 9.83. The first kappa shape index (κ1) is 10.6. The SMILES string of the molecule is CNc1nc(=O)n2c(C)cc(C)c(C)c2n1. The fourth-order valence-electron chi connectivity index (χ4n) is 1.75. The lowest BCUT2D eigenvalue weighted by molar-refractivity contribution is 0.900. The minimum absolute atomic E-state index is 0.296. The summed E-state index contributed by atoms with van der Waals surface area (Å²) in [6, 6.07) is 1.96. The van der Waals surface area contributed by atoms with Crippen LogP contribution in [0.4, 0.5) is 5.95 Å². The van der Waals surface area contributed by atoms with Gasteiger partial charge < -0.3 is 5.32 Å². The van der Waals surface area contributed by atoms with Gasteiger partial charge in [0.25, 0.3) is 0 Å². The molecule has 0 atom stereocenters. The molecule has 16 heavy (non-hydrogen) atoms. The van der Waals surface area contributed by atoms with Crippen molar-refractivity contribution in [3.8, 4) is 0 Å². The van der Waals surface area contributed by atoms with Gasteiger partial charge in [0.15, 0.2) is 0 Å². The highest BCUT2D eigenvalue weighted by atomic mass is 16.1. The van der Waals surface area contributed by atoms with Crippen LogP contribution in [0, 0.1) is 20.8 Å². The quantitative estimate of drug-likeness (QED) is 0.777. The number of aromatic nitrogens is 3. The van der Waals surface area contributed by atoms with Crippen molar-refractivity contribution in [2.24, 2.45) is 0 Å². The highest BCUT2D eigenvalue weighted by Gasteiger charge is 2.09. The van der Waals surface area contributed by atoms with Gasteiger partial charge in [0.1, 0.15) is 5.65 Å². The Balaban J connectivity index is 3.00. The first-order valence-electron chi connectivity index (χ1n) is 5.10. The van der Waals surface area contributed by atoms with E-state index in [9.17, 15) is 4.79 Å².